The molecule has 9 rings (SSSR count). The number of aliphatic hydroxyl groups excluding tert-OH is 2. The van der Waals surface area contributed by atoms with Gasteiger partial charge in [-0.25, -0.2) is 0 Å². The molecule has 55 heavy (non-hydrogen) atoms. The van der Waals surface area contributed by atoms with Crippen LogP contribution in [0.3, 0.4) is 0 Å². The van der Waals surface area contributed by atoms with Crippen molar-refractivity contribution in [3.05, 3.63) is 0 Å². The SMILES string of the molecule is CC1=NC2CC3N=C(C4CC(O)C(C5=NC6CC7N=C(C8CCC(C(C9CCC(C)CC9)(C(F)(F)F)C(F)(F)F)CC8)NC7CC6N5)CC4O)NC3CC2N1. The van der Waals surface area contributed by atoms with Gasteiger partial charge in [-0.2, -0.15) is 26.3 Å². The predicted octanol–water partition coefficient (Wildman–Crippen LogP) is 5.04. The van der Waals surface area contributed by atoms with E-state index in [1.807, 2.05) is 13.8 Å². The number of nitrogens with zero attached hydrogens (tertiary/aromatic N) is 4. The van der Waals surface area contributed by atoms with Gasteiger partial charge in [0.2, 0.25) is 0 Å². The van der Waals surface area contributed by atoms with Gasteiger partial charge >= 0.3 is 12.4 Å². The largest absolute Gasteiger partial charge is 0.403 e. The molecule has 0 aromatic carbocycles. The van der Waals surface area contributed by atoms with Gasteiger partial charge in [-0.05, 0) is 102 Å². The standard InChI is InChI=1S/C39H56F6N8O2/c1-17-3-7-20(8-4-17)37(38(40,41)42,39(43,44)45)21-9-5-19(6-10-21)34-48-26-15-30-31(16-27(26)49-34)53-36(52-30)23-12-32(54)22(11-33(23)55)35-50-28-13-24-25(14-29(28)51-35)47-18(2)46-24/h17,19-33,54-55H,3-16H2,1-2H3,(H,46,47)(H,48,49)(H,50,51)(H,52,53). The van der Waals surface area contributed by atoms with Crippen LogP contribution in [0.4, 0.5) is 26.3 Å². The molecule has 0 radical (unpaired) electrons. The third-order valence-corrected chi connectivity index (χ3v) is 15.5. The summed E-state index contributed by atoms with van der Waals surface area (Å²) in [6.07, 6.45) is -7.27. The highest BCUT2D eigenvalue weighted by Crippen LogP contribution is 2.65. The Morgan fingerprint density at radius 1 is 0.509 bits per heavy atom. The summed E-state index contributed by atoms with van der Waals surface area (Å²) in [5.74, 6) is -0.384. The van der Waals surface area contributed by atoms with Crippen molar-refractivity contribution in [1.29, 1.82) is 0 Å². The van der Waals surface area contributed by atoms with Crippen LogP contribution in [0.5, 0.6) is 0 Å². The van der Waals surface area contributed by atoms with Crippen LogP contribution >= 0.6 is 0 Å². The summed E-state index contributed by atoms with van der Waals surface area (Å²) in [4.78, 5) is 19.7. The molecule has 16 heteroatoms. The summed E-state index contributed by atoms with van der Waals surface area (Å²) in [6.45, 7) is 3.90. The molecule has 5 aliphatic carbocycles. The van der Waals surface area contributed by atoms with E-state index in [-0.39, 0.29) is 104 Å². The summed E-state index contributed by atoms with van der Waals surface area (Å²) in [5.41, 5.74) is -3.67. The highest BCUT2D eigenvalue weighted by Gasteiger charge is 2.76. The fourth-order valence-corrected chi connectivity index (χ4v) is 12.6. The highest BCUT2D eigenvalue weighted by atomic mass is 19.4. The van der Waals surface area contributed by atoms with E-state index >= 15 is 0 Å². The first-order valence-electron chi connectivity index (χ1n) is 20.9. The van der Waals surface area contributed by atoms with Gasteiger partial charge in [-0.15, -0.1) is 0 Å². The van der Waals surface area contributed by atoms with Crippen LogP contribution in [0.15, 0.2) is 20.0 Å². The zero-order chi connectivity index (χ0) is 38.6. The molecule has 10 nitrogen and oxygen atoms in total. The lowest BCUT2D eigenvalue weighted by atomic mass is 9.56. The number of rotatable bonds is 5. The molecule has 5 fully saturated rings. The Bertz CT molecular complexity index is 1590. The van der Waals surface area contributed by atoms with Crippen molar-refractivity contribution in [1.82, 2.24) is 21.3 Å². The van der Waals surface area contributed by atoms with Crippen molar-refractivity contribution in [3.8, 4) is 0 Å². The summed E-state index contributed by atoms with van der Waals surface area (Å²) in [5, 5.41) is 36.9. The Labute approximate surface area is 318 Å². The molecule has 12 unspecified atom stereocenters. The summed E-state index contributed by atoms with van der Waals surface area (Å²) in [7, 11) is 0. The number of amidine groups is 4. The van der Waals surface area contributed by atoms with Crippen molar-refractivity contribution in [2.75, 3.05) is 0 Å². The molecule has 0 aromatic rings. The molecule has 9 aliphatic rings. The Kier molecular flexibility index (Phi) is 9.48. The Hall–Kier alpha value is -2.62. The number of alkyl halides is 6. The van der Waals surface area contributed by atoms with E-state index in [0.717, 1.165) is 36.2 Å². The van der Waals surface area contributed by atoms with Gasteiger partial charge in [0, 0.05) is 17.8 Å². The van der Waals surface area contributed by atoms with E-state index < -0.39 is 41.8 Å². The topological polar surface area (TPSA) is 138 Å². The average molecular weight is 783 g/mol. The van der Waals surface area contributed by atoms with Crippen molar-refractivity contribution >= 4 is 23.3 Å². The van der Waals surface area contributed by atoms with E-state index in [2.05, 4.69) is 21.3 Å². The first-order valence-corrected chi connectivity index (χ1v) is 20.9. The molecule has 6 N–H and O–H groups in total. The molecule has 0 saturated heterocycles. The number of aliphatic hydroxyl groups is 2. The molecule has 0 spiro atoms. The van der Waals surface area contributed by atoms with Crippen LogP contribution in [-0.4, -0.2) is 106 Å². The summed E-state index contributed by atoms with van der Waals surface area (Å²) in [6, 6.07) is 0.693. The fourth-order valence-electron chi connectivity index (χ4n) is 12.6. The van der Waals surface area contributed by atoms with Crippen LogP contribution in [0, 0.1) is 40.9 Å². The maximum absolute atomic E-state index is 14.8. The van der Waals surface area contributed by atoms with E-state index in [4.69, 9.17) is 20.0 Å². The number of nitrogens with one attached hydrogen (secondary N) is 4. The normalized spacial score (nSPS) is 45.6. The van der Waals surface area contributed by atoms with Crippen LogP contribution in [0.2, 0.25) is 0 Å². The Morgan fingerprint density at radius 2 is 0.909 bits per heavy atom. The second kappa shape index (κ2) is 13.8. The fraction of sp³-hybridized carbons (Fsp3) is 0.897. The van der Waals surface area contributed by atoms with Gasteiger partial charge in [0.05, 0.1) is 66.4 Å². The highest BCUT2D eigenvalue weighted by molar-refractivity contribution is 5.91. The number of hydrogen-bond donors (Lipinski definition) is 6. The van der Waals surface area contributed by atoms with Gasteiger partial charge in [0.15, 0.2) is 5.41 Å². The van der Waals surface area contributed by atoms with Crippen molar-refractivity contribution in [2.24, 2.45) is 60.9 Å². The zero-order valence-corrected chi connectivity index (χ0v) is 31.6. The minimum Gasteiger partial charge on any atom is -0.392 e. The minimum atomic E-state index is -5.36. The molecular weight excluding hydrogens is 726 g/mol. The smallest absolute Gasteiger partial charge is 0.392 e. The summed E-state index contributed by atoms with van der Waals surface area (Å²) >= 11 is 0. The monoisotopic (exact) mass is 782 g/mol. The Balaban J connectivity index is 0.816. The van der Waals surface area contributed by atoms with Gasteiger partial charge < -0.3 is 31.5 Å². The third kappa shape index (κ3) is 6.45. The maximum Gasteiger partial charge on any atom is 0.403 e. The van der Waals surface area contributed by atoms with E-state index in [1.165, 1.54) is 0 Å². The maximum atomic E-state index is 14.8. The van der Waals surface area contributed by atoms with Crippen molar-refractivity contribution in [3.63, 3.8) is 0 Å². The second-order valence-corrected chi connectivity index (χ2v) is 18.7. The third-order valence-electron chi connectivity index (χ3n) is 15.5. The van der Waals surface area contributed by atoms with Gasteiger partial charge in [0.1, 0.15) is 17.5 Å². The molecule has 0 aromatic heterocycles. The predicted molar refractivity (Wildman–Crippen MR) is 196 cm³/mol. The van der Waals surface area contributed by atoms with E-state index in [0.29, 0.717) is 44.6 Å². The minimum absolute atomic E-state index is 0.00438. The van der Waals surface area contributed by atoms with Gasteiger partial charge in [-0.1, -0.05) is 19.8 Å². The molecule has 4 aliphatic heterocycles. The molecule has 0 bridgehead atoms. The van der Waals surface area contributed by atoms with Crippen molar-refractivity contribution in [2.45, 2.75) is 177 Å². The molecule has 5 saturated carbocycles. The van der Waals surface area contributed by atoms with Crippen LogP contribution < -0.4 is 21.3 Å². The van der Waals surface area contributed by atoms with Crippen LogP contribution in [0.1, 0.15) is 104 Å². The number of halogens is 6. The lowest BCUT2D eigenvalue weighted by Crippen LogP contribution is -2.60. The summed E-state index contributed by atoms with van der Waals surface area (Å²) < 4.78 is 88.8. The van der Waals surface area contributed by atoms with Crippen LogP contribution in [0.25, 0.3) is 0 Å². The molecule has 0 amide bonds. The molecule has 306 valence electrons. The van der Waals surface area contributed by atoms with E-state index in [9.17, 15) is 36.6 Å². The zero-order valence-electron chi connectivity index (χ0n) is 31.6. The average Bonchev–Trinajstić information content (AvgIpc) is 3.90. The van der Waals surface area contributed by atoms with Crippen molar-refractivity contribution < 1.29 is 36.6 Å². The lowest BCUT2D eigenvalue weighted by Gasteiger charge is -2.51. The van der Waals surface area contributed by atoms with Gasteiger partial charge in [0.25, 0.3) is 0 Å². The quantitative estimate of drug-likeness (QED) is 0.217. The second-order valence-electron chi connectivity index (χ2n) is 18.7. The number of hydrogen-bond acceptors (Lipinski definition) is 10. The molecule has 12 atom stereocenters. The Morgan fingerprint density at radius 3 is 1.38 bits per heavy atom. The molecular formula is C39H56F6N8O2. The lowest BCUT2D eigenvalue weighted by molar-refractivity contribution is -0.382. The molecule has 4 heterocycles. The van der Waals surface area contributed by atoms with Crippen LogP contribution in [-0.2, 0) is 0 Å². The first-order chi connectivity index (χ1) is 26.1. The van der Waals surface area contributed by atoms with Gasteiger partial charge in [-0.3, -0.25) is 20.0 Å². The number of aliphatic imine (C=N–C) groups is 4. The van der Waals surface area contributed by atoms with E-state index in [1.54, 1.807) is 0 Å². The number of fused-ring (bicyclic) bond motifs is 4. The first kappa shape index (κ1) is 37.9.